The first-order valence-electron chi connectivity index (χ1n) is 8.36. The number of hydrogen-bond acceptors (Lipinski definition) is 2. The topological polar surface area (TPSA) is 15.3 Å². The zero-order chi connectivity index (χ0) is 13.8. The van der Waals surface area contributed by atoms with Crippen LogP contribution in [0.2, 0.25) is 0 Å². The van der Waals surface area contributed by atoms with Crippen LogP contribution in [0.5, 0.6) is 0 Å². The fourth-order valence-corrected chi connectivity index (χ4v) is 3.45. The number of benzene rings is 1. The molecule has 2 nitrogen and oxygen atoms in total. The number of nitrogens with zero attached hydrogens (tertiary/aromatic N) is 1. The normalized spacial score (nSPS) is 24.2. The van der Waals surface area contributed by atoms with E-state index in [0.717, 1.165) is 12.1 Å². The first kappa shape index (κ1) is 14.1. The fraction of sp³-hybridized carbons (Fsp3) is 0.667. The van der Waals surface area contributed by atoms with Crippen LogP contribution in [0.25, 0.3) is 0 Å². The van der Waals surface area contributed by atoms with Gasteiger partial charge in [0, 0.05) is 24.7 Å². The second-order valence-electron chi connectivity index (χ2n) is 6.59. The van der Waals surface area contributed by atoms with Gasteiger partial charge in [0.1, 0.15) is 0 Å². The minimum atomic E-state index is 0.713. The van der Waals surface area contributed by atoms with E-state index in [9.17, 15) is 0 Å². The third-order valence-corrected chi connectivity index (χ3v) is 4.87. The Bertz CT molecular complexity index is 393. The Kier molecular flexibility index (Phi) is 4.74. The van der Waals surface area contributed by atoms with Gasteiger partial charge in [-0.3, -0.25) is 4.90 Å². The lowest BCUT2D eigenvalue weighted by Gasteiger charge is -2.31. The van der Waals surface area contributed by atoms with Crippen molar-refractivity contribution in [1.29, 1.82) is 0 Å². The molecule has 2 aliphatic rings. The van der Waals surface area contributed by atoms with Crippen LogP contribution in [-0.2, 0) is 6.42 Å². The van der Waals surface area contributed by atoms with Crippen LogP contribution in [0.4, 0.5) is 0 Å². The summed E-state index contributed by atoms with van der Waals surface area (Å²) in [5.41, 5.74) is 1.48. The Morgan fingerprint density at radius 3 is 2.65 bits per heavy atom. The van der Waals surface area contributed by atoms with E-state index in [0.29, 0.717) is 6.04 Å². The number of nitrogens with one attached hydrogen (secondary N) is 1. The molecule has 1 heterocycles. The molecule has 1 aromatic carbocycles. The van der Waals surface area contributed by atoms with Crippen molar-refractivity contribution in [2.75, 3.05) is 13.1 Å². The summed E-state index contributed by atoms with van der Waals surface area (Å²) in [6.45, 7) is 4.92. The van der Waals surface area contributed by atoms with Crippen LogP contribution in [0.15, 0.2) is 30.3 Å². The van der Waals surface area contributed by atoms with Gasteiger partial charge in [0.15, 0.2) is 0 Å². The van der Waals surface area contributed by atoms with Gasteiger partial charge in [-0.2, -0.15) is 0 Å². The third kappa shape index (κ3) is 3.83. The average molecular weight is 272 g/mol. The van der Waals surface area contributed by atoms with Crippen LogP contribution < -0.4 is 5.32 Å². The molecule has 1 aliphatic heterocycles. The van der Waals surface area contributed by atoms with Crippen molar-refractivity contribution < 1.29 is 0 Å². The molecule has 1 saturated carbocycles. The summed E-state index contributed by atoms with van der Waals surface area (Å²) >= 11 is 0. The molecule has 3 rings (SSSR count). The lowest BCUT2D eigenvalue weighted by molar-refractivity contribution is 0.173. The first-order chi connectivity index (χ1) is 9.83. The molecule has 2 unspecified atom stereocenters. The van der Waals surface area contributed by atoms with Gasteiger partial charge in [0.2, 0.25) is 0 Å². The summed E-state index contributed by atoms with van der Waals surface area (Å²) in [5, 5.41) is 3.66. The number of rotatable bonds is 7. The Morgan fingerprint density at radius 2 is 2.00 bits per heavy atom. The Balaban J connectivity index is 1.51. The summed E-state index contributed by atoms with van der Waals surface area (Å²) < 4.78 is 0. The second-order valence-corrected chi connectivity index (χ2v) is 6.59. The Morgan fingerprint density at radius 1 is 1.20 bits per heavy atom. The number of hydrogen-bond donors (Lipinski definition) is 1. The van der Waals surface area contributed by atoms with Gasteiger partial charge in [0.25, 0.3) is 0 Å². The molecule has 0 radical (unpaired) electrons. The van der Waals surface area contributed by atoms with E-state index in [-0.39, 0.29) is 0 Å². The van der Waals surface area contributed by atoms with Gasteiger partial charge in [-0.05, 0) is 57.6 Å². The highest BCUT2D eigenvalue weighted by atomic mass is 15.2. The molecule has 0 amide bonds. The van der Waals surface area contributed by atoms with Crippen molar-refractivity contribution >= 4 is 0 Å². The van der Waals surface area contributed by atoms with E-state index >= 15 is 0 Å². The first-order valence-corrected chi connectivity index (χ1v) is 8.36. The van der Waals surface area contributed by atoms with Crippen LogP contribution in [0, 0.1) is 0 Å². The molecule has 0 aromatic heterocycles. The standard InChI is InChI=1S/C18H28N2/c1-15(9-10-16-6-3-2-4-7-16)20(18-11-12-18)14-17-8-5-13-19-17/h2-4,6-7,15,17-19H,5,8-14H2,1H3. The van der Waals surface area contributed by atoms with Gasteiger partial charge >= 0.3 is 0 Å². The minimum Gasteiger partial charge on any atom is -0.313 e. The maximum Gasteiger partial charge on any atom is 0.0195 e. The number of aryl methyl sites for hydroxylation is 1. The molecule has 1 aromatic rings. The predicted octanol–water partition coefficient (Wildman–Crippen LogP) is 3.22. The highest BCUT2D eigenvalue weighted by molar-refractivity contribution is 5.14. The zero-order valence-corrected chi connectivity index (χ0v) is 12.7. The molecule has 0 spiro atoms. The smallest absolute Gasteiger partial charge is 0.0195 e. The maximum absolute atomic E-state index is 3.66. The molecular weight excluding hydrogens is 244 g/mol. The van der Waals surface area contributed by atoms with Gasteiger partial charge in [-0.1, -0.05) is 30.3 Å². The largest absolute Gasteiger partial charge is 0.313 e. The van der Waals surface area contributed by atoms with E-state index < -0.39 is 0 Å². The monoisotopic (exact) mass is 272 g/mol. The molecule has 2 heteroatoms. The van der Waals surface area contributed by atoms with Crippen molar-refractivity contribution in [2.24, 2.45) is 0 Å². The summed E-state index contributed by atoms with van der Waals surface area (Å²) in [6.07, 6.45) is 8.07. The molecule has 20 heavy (non-hydrogen) atoms. The predicted molar refractivity (Wildman–Crippen MR) is 85.0 cm³/mol. The van der Waals surface area contributed by atoms with Crippen LogP contribution in [0.1, 0.15) is 44.6 Å². The molecular formula is C18H28N2. The van der Waals surface area contributed by atoms with Gasteiger partial charge in [-0.25, -0.2) is 0 Å². The maximum atomic E-state index is 3.66. The Labute approximate surface area is 123 Å². The minimum absolute atomic E-state index is 0.713. The van der Waals surface area contributed by atoms with Crippen molar-refractivity contribution in [3.8, 4) is 0 Å². The van der Waals surface area contributed by atoms with Gasteiger partial charge < -0.3 is 5.32 Å². The summed E-state index contributed by atoms with van der Waals surface area (Å²) in [7, 11) is 0. The van der Waals surface area contributed by atoms with E-state index in [1.807, 2.05) is 0 Å². The van der Waals surface area contributed by atoms with Crippen LogP contribution >= 0.6 is 0 Å². The molecule has 110 valence electrons. The molecule has 0 bridgehead atoms. The second kappa shape index (κ2) is 6.73. The SMILES string of the molecule is CC(CCc1ccccc1)N(CC1CCCN1)C1CC1. The molecule has 2 atom stereocenters. The third-order valence-electron chi connectivity index (χ3n) is 4.87. The summed E-state index contributed by atoms with van der Waals surface area (Å²) in [5.74, 6) is 0. The van der Waals surface area contributed by atoms with Crippen molar-refractivity contribution in [3.63, 3.8) is 0 Å². The lowest BCUT2D eigenvalue weighted by atomic mass is 10.0. The van der Waals surface area contributed by atoms with E-state index in [2.05, 4.69) is 47.5 Å². The zero-order valence-electron chi connectivity index (χ0n) is 12.7. The van der Waals surface area contributed by atoms with Gasteiger partial charge in [0.05, 0.1) is 0 Å². The molecule has 2 fully saturated rings. The van der Waals surface area contributed by atoms with Crippen molar-refractivity contribution in [2.45, 2.75) is 63.6 Å². The molecule has 1 N–H and O–H groups in total. The molecule has 1 aliphatic carbocycles. The highest BCUT2D eigenvalue weighted by Gasteiger charge is 2.33. The average Bonchev–Trinajstić information content (AvgIpc) is 3.20. The summed E-state index contributed by atoms with van der Waals surface area (Å²) in [4.78, 5) is 2.78. The fourth-order valence-electron chi connectivity index (χ4n) is 3.45. The Hall–Kier alpha value is -0.860. The lowest BCUT2D eigenvalue weighted by Crippen LogP contribution is -2.43. The van der Waals surface area contributed by atoms with Crippen LogP contribution in [0.3, 0.4) is 0 Å². The van der Waals surface area contributed by atoms with E-state index in [4.69, 9.17) is 0 Å². The van der Waals surface area contributed by atoms with Crippen LogP contribution in [-0.4, -0.2) is 36.1 Å². The quantitative estimate of drug-likeness (QED) is 0.820. The molecule has 1 saturated heterocycles. The van der Waals surface area contributed by atoms with Crippen molar-refractivity contribution in [3.05, 3.63) is 35.9 Å². The summed E-state index contributed by atoms with van der Waals surface area (Å²) in [6, 6.07) is 13.3. The van der Waals surface area contributed by atoms with Crippen molar-refractivity contribution in [1.82, 2.24) is 10.2 Å². The van der Waals surface area contributed by atoms with E-state index in [1.54, 1.807) is 0 Å². The van der Waals surface area contributed by atoms with Gasteiger partial charge in [-0.15, -0.1) is 0 Å². The van der Waals surface area contributed by atoms with E-state index in [1.165, 1.54) is 57.2 Å². The highest BCUT2D eigenvalue weighted by Crippen LogP contribution is 2.30.